The summed E-state index contributed by atoms with van der Waals surface area (Å²) in [7, 11) is 0. The number of imide groups is 1. The van der Waals surface area contributed by atoms with Crippen molar-refractivity contribution in [2.75, 3.05) is 0 Å². The molecule has 0 radical (unpaired) electrons. The molecule has 1 heterocycles. The maximum atomic E-state index is 11.8. The molecule has 2 amide bonds. The molecular weight excluding hydrogens is 210 g/mol. The number of carboxylic acid groups (broad SMARTS) is 1. The Bertz CT molecular complexity index is 308. The molecule has 1 unspecified atom stereocenters. The summed E-state index contributed by atoms with van der Waals surface area (Å²) >= 11 is 0. The number of rotatable bonds is 3. The first-order chi connectivity index (χ1) is 7.43. The van der Waals surface area contributed by atoms with Crippen LogP contribution < -0.4 is 0 Å². The maximum absolute atomic E-state index is 11.8. The summed E-state index contributed by atoms with van der Waals surface area (Å²) in [6, 6.07) is 0. The average molecular weight is 227 g/mol. The van der Waals surface area contributed by atoms with E-state index in [1.807, 2.05) is 0 Å². The zero-order valence-corrected chi connectivity index (χ0v) is 9.65. The highest BCUT2D eigenvalue weighted by atomic mass is 16.4. The number of carbonyl (C=O) groups excluding carboxylic acids is 2. The third kappa shape index (κ3) is 2.08. The number of hydrogen-bond donors (Lipinski definition) is 1. The minimum Gasteiger partial charge on any atom is -0.479 e. The predicted octanol–water partition coefficient (Wildman–Crippen LogP) is 1.17. The highest BCUT2D eigenvalue weighted by Gasteiger charge is 2.44. The van der Waals surface area contributed by atoms with E-state index in [1.54, 1.807) is 6.92 Å². The van der Waals surface area contributed by atoms with Crippen molar-refractivity contribution in [2.45, 2.75) is 51.5 Å². The van der Waals surface area contributed by atoms with Crippen LogP contribution >= 0.6 is 0 Å². The molecule has 0 aromatic carbocycles. The molecule has 1 N–H and O–H groups in total. The fourth-order valence-corrected chi connectivity index (χ4v) is 1.87. The van der Waals surface area contributed by atoms with E-state index in [-0.39, 0.29) is 31.1 Å². The molecule has 5 heteroatoms. The van der Waals surface area contributed by atoms with Crippen LogP contribution in [-0.2, 0) is 14.4 Å². The molecule has 1 aliphatic rings. The van der Waals surface area contributed by atoms with Crippen LogP contribution in [0.5, 0.6) is 0 Å². The van der Waals surface area contributed by atoms with Crippen molar-refractivity contribution in [1.82, 2.24) is 4.90 Å². The van der Waals surface area contributed by atoms with Gasteiger partial charge in [0, 0.05) is 12.8 Å². The van der Waals surface area contributed by atoms with Gasteiger partial charge < -0.3 is 5.11 Å². The third-order valence-corrected chi connectivity index (χ3v) is 3.17. The molecule has 5 nitrogen and oxygen atoms in total. The van der Waals surface area contributed by atoms with Crippen molar-refractivity contribution in [3.8, 4) is 0 Å². The van der Waals surface area contributed by atoms with Gasteiger partial charge in [-0.15, -0.1) is 0 Å². The lowest BCUT2D eigenvalue weighted by Gasteiger charge is -2.34. The molecule has 0 aromatic rings. The van der Waals surface area contributed by atoms with Gasteiger partial charge in [0.05, 0.1) is 0 Å². The van der Waals surface area contributed by atoms with E-state index in [4.69, 9.17) is 5.11 Å². The van der Waals surface area contributed by atoms with Crippen molar-refractivity contribution in [3.63, 3.8) is 0 Å². The molecule has 1 aliphatic heterocycles. The molecule has 0 saturated carbocycles. The normalized spacial score (nSPS) is 21.5. The summed E-state index contributed by atoms with van der Waals surface area (Å²) in [5.74, 6) is -1.86. The molecule has 1 fully saturated rings. The van der Waals surface area contributed by atoms with Gasteiger partial charge in [0.2, 0.25) is 11.8 Å². The van der Waals surface area contributed by atoms with Crippen LogP contribution in [-0.4, -0.2) is 33.3 Å². The number of carbonyl (C=O) groups is 3. The standard InChI is InChI=1S/C11H17NO4/c1-3-11(2,10(15)16)12-8(13)6-4-5-7-9(12)14/h3-7H2,1-2H3,(H,15,16). The third-order valence-electron chi connectivity index (χ3n) is 3.17. The zero-order chi connectivity index (χ0) is 12.3. The van der Waals surface area contributed by atoms with Gasteiger partial charge in [-0.2, -0.15) is 0 Å². The lowest BCUT2D eigenvalue weighted by Crippen LogP contribution is -2.56. The van der Waals surface area contributed by atoms with Gasteiger partial charge in [-0.1, -0.05) is 6.92 Å². The first-order valence-corrected chi connectivity index (χ1v) is 5.52. The number of carboxylic acids is 1. The fourth-order valence-electron chi connectivity index (χ4n) is 1.87. The first kappa shape index (κ1) is 12.7. The van der Waals surface area contributed by atoms with E-state index >= 15 is 0 Å². The van der Waals surface area contributed by atoms with Gasteiger partial charge in [0.1, 0.15) is 5.54 Å². The molecule has 16 heavy (non-hydrogen) atoms. The quantitative estimate of drug-likeness (QED) is 0.734. The van der Waals surface area contributed by atoms with Gasteiger partial charge in [0.15, 0.2) is 0 Å². The smallest absolute Gasteiger partial charge is 0.329 e. The minimum absolute atomic E-state index is 0.222. The van der Waals surface area contributed by atoms with E-state index in [1.165, 1.54) is 6.92 Å². The Kier molecular flexibility index (Phi) is 3.67. The number of hydrogen-bond acceptors (Lipinski definition) is 3. The lowest BCUT2D eigenvalue weighted by molar-refractivity contribution is -0.165. The summed E-state index contributed by atoms with van der Waals surface area (Å²) in [5.41, 5.74) is -1.40. The Balaban J connectivity index is 3.09. The molecule has 1 atom stereocenters. The number of nitrogens with zero attached hydrogens (tertiary/aromatic N) is 1. The lowest BCUT2D eigenvalue weighted by atomic mass is 9.96. The molecule has 0 spiro atoms. The summed E-state index contributed by atoms with van der Waals surface area (Å²) in [6.45, 7) is 3.09. The van der Waals surface area contributed by atoms with Crippen molar-refractivity contribution in [2.24, 2.45) is 0 Å². The second-order valence-corrected chi connectivity index (χ2v) is 4.26. The van der Waals surface area contributed by atoms with E-state index in [9.17, 15) is 14.4 Å². The Morgan fingerprint density at radius 3 is 2.06 bits per heavy atom. The molecule has 0 aromatic heterocycles. The topological polar surface area (TPSA) is 74.7 Å². The maximum Gasteiger partial charge on any atom is 0.329 e. The highest BCUT2D eigenvalue weighted by Crippen LogP contribution is 2.25. The van der Waals surface area contributed by atoms with E-state index in [0.29, 0.717) is 12.8 Å². The zero-order valence-electron chi connectivity index (χ0n) is 9.65. The van der Waals surface area contributed by atoms with Crippen molar-refractivity contribution in [3.05, 3.63) is 0 Å². The Hall–Kier alpha value is -1.39. The van der Waals surface area contributed by atoms with Gasteiger partial charge in [0.25, 0.3) is 0 Å². The van der Waals surface area contributed by atoms with Gasteiger partial charge in [-0.3, -0.25) is 14.5 Å². The van der Waals surface area contributed by atoms with Gasteiger partial charge in [-0.25, -0.2) is 4.79 Å². The van der Waals surface area contributed by atoms with Crippen molar-refractivity contribution < 1.29 is 19.5 Å². The second-order valence-electron chi connectivity index (χ2n) is 4.26. The van der Waals surface area contributed by atoms with Crippen LogP contribution in [0.2, 0.25) is 0 Å². The van der Waals surface area contributed by atoms with E-state index in [2.05, 4.69) is 0 Å². The largest absolute Gasteiger partial charge is 0.479 e. The molecule has 1 saturated heterocycles. The van der Waals surface area contributed by atoms with Crippen LogP contribution in [0.25, 0.3) is 0 Å². The van der Waals surface area contributed by atoms with Crippen LogP contribution in [0.15, 0.2) is 0 Å². The molecule has 0 aliphatic carbocycles. The summed E-state index contributed by atoms with van der Waals surface area (Å²) < 4.78 is 0. The van der Waals surface area contributed by atoms with E-state index < -0.39 is 11.5 Å². The Labute approximate surface area is 94.4 Å². The minimum atomic E-state index is -1.40. The monoisotopic (exact) mass is 227 g/mol. The van der Waals surface area contributed by atoms with Crippen LogP contribution in [0, 0.1) is 0 Å². The van der Waals surface area contributed by atoms with E-state index in [0.717, 1.165) is 4.90 Å². The predicted molar refractivity (Wildman–Crippen MR) is 56.7 cm³/mol. The number of amides is 2. The number of aliphatic carboxylic acids is 1. The van der Waals surface area contributed by atoms with Crippen molar-refractivity contribution in [1.29, 1.82) is 0 Å². The summed E-state index contributed by atoms with van der Waals surface area (Å²) in [4.78, 5) is 35.7. The summed E-state index contributed by atoms with van der Waals surface area (Å²) in [5, 5.41) is 9.17. The van der Waals surface area contributed by atoms with Crippen LogP contribution in [0.3, 0.4) is 0 Å². The van der Waals surface area contributed by atoms with Crippen molar-refractivity contribution >= 4 is 17.8 Å². The van der Waals surface area contributed by atoms with Gasteiger partial charge >= 0.3 is 5.97 Å². The molecule has 90 valence electrons. The first-order valence-electron chi connectivity index (χ1n) is 5.52. The molecular formula is C11H17NO4. The van der Waals surface area contributed by atoms with Crippen LogP contribution in [0.4, 0.5) is 0 Å². The SMILES string of the molecule is CCC(C)(C(=O)O)N1C(=O)CCCCC1=O. The molecule has 0 bridgehead atoms. The Morgan fingerprint density at radius 2 is 1.75 bits per heavy atom. The fraction of sp³-hybridized carbons (Fsp3) is 0.727. The number of likely N-dealkylation sites (tertiary alicyclic amines) is 1. The average Bonchev–Trinajstić information content (AvgIpc) is 2.39. The summed E-state index contributed by atoms with van der Waals surface area (Å²) in [6.07, 6.45) is 2.05. The second kappa shape index (κ2) is 4.63. The van der Waals surface area contributed by atoms with Crippen LogP contribution in [0.1, 0.15) is 46.0 Å². The molecule has 1 rings (SSSR count). The Morgan fingerprint density at radius 1 is 1.31 bits per heavy atom. The van der Waals surface area contributed by atoms with Gasteiger partial charge in [-0.05, 0) is 26.2 Å². The highest BCUT2D eigenvalue weighted by molar-refractivity contribution is 6.01.